The lowest BCUT2D eigenvalue weighted by molar-refractivity contribution is -0.205. The van der Waals surface area contributed by atoms with E-state index in [0.717, 1.165) is 24.6 Å². The van der Waals surface area contributed by atoms with Gasteiger partial charge in [0.1, 0.15) is 29.3 Å². The van der Waals surface area contributed by atoms with Gasteiger partial charge in [0.05, 0.1) is 11.9 Å². The van der Waals surface area contributed by atoms with Gasteiger partial charge in [0.2, 0.25) is 0 Å². The Labute approximate surface area is 250 Å². The second kappa shape index (κ2) is 11.4. The van der Waals surface area contributed by atoms with Crippen molar-refractivity contribution in [3.63, 3.8) is 0 Å². The predicted molar refractivity (Wildman–Crippen MR) is 163 cm³/mol. The molecule has 11 heteroatoms. The van der Waals surface area contributed by atoms with Gasteiger partial charge in [-0.05, 0) is 42.9 Å². The van der Waals surface area contributed by atoms with Crippen LogP contribution in [0.1, 0.15) is 59.8 Å². The number of ketones is 1. The van der Waals surface area contributed by atoms with Crippen LogP contribution in [-0.2, 0) is 19.1 Å². The van der Waals surface area contributed by atoms with Gasteiger partial charge in [-0.15, -0.1) is 18.3 Å². The Hall–Kier alpha value is -2.66. The van der Waals surface area contributed by atoms with Crippen LogP contribution < -0.4 is 21.1 Å². The molecule has 3 fully saturated rings. The fourth-order valence-corrected chi connectivity index (χ4v) is 9.06. The van der Waals surface area contributed by atoms with Crippen LogP contribution in [0.3, 0.4) is 0 Å². The van der Waals surface area contributed by atoms with Crippen LogP contribution in [0.25, 0.3) is 0 Å². The smallest absolute Gasteiger partial charge is 0.326 e. The van der Waals surface area contributed by atoms with Crippen LogP contribution in [0.2, 0.25) is 0 Å². The Morgan fingerprint density at radius 2 is 1.86 bits per heavy atom. The summed E-state index contributed by atoms with van der Waals surface area (Å²) in [6.45, 7) is 12.2. The molecule has 3 aliphatic rings. The molecular weight excluding hydrogens is 560 g/mol. The van der Waals surface area contributed by atoms with Gasteiger partial charge >= 0.3 is 11.9 Å². The Balaban J connectivity index is 1.53. The van der Waals surface area contributed by atoms with Crippen molar-refractivity contribution in [2.75, 3.05) is 35.8 Å². The number of esters is 1. The van der Waals surface area contributed by atoms with Crippen molar-refractivity contribution in [3.8, 4) is 0 Å². The standard InChI is InChI=1S/C31H44N2O8S/c1-8-29(4)13-20(30(5)16(2)9-11-31(17(3)27(29)38)12-10-19(34)26(30)31)41-21(35)15-42-14-18(28(39)40)32-22-23(33(6)7)25(37)24(22)36/h8,16-18,20,26-27,32,38H,1,9-15H2,2-7H3,(H,39,40)/t16-,17+,18?,20-,26+,27+,29-,30+,31+/m1/s1. The Morgan fingerprint density at radius 3 is 2.45 bits per heavy atom. The molecule has 1 aromatic carbocycles. The summed E-state index contributed by atoms with van der Waals surface area (Å²) in [6, 6.07) is -1.21. The summed E-state index contributed by atoms with van der Waals surface area (Å²) in [4.78, 5) is 64.1. The summed E-state index contributed by atoms with van der Waals surface area (Å²) < 4.78 is 6.20. The van der Waals surface area contributed by atoms with Gasteiger partial charge in [-0.2, -0.15) is 0 Å². The number of carbonyl (C=O) groups excluding carboxylic acids is 2. The average molecular weight is 605 g/mol. The van der Waals surface area contributed by atoms with Crippen LogP contribution in [0.4, 0.5) is 11.4 Å². The van der Waals surface area contributed by atoms with E-state index in [4.69, 9.17) is 4.74 Å². The van der Waals surface area contributed by atoms with Crippen molar-refractivity contribution in [1.29, 1.82) is 0 Å². The molecule has 0 amide bonds. The molecule has 2 bridgehead atoms. The summed E-state index contributed by atoms with van der Waals surface area (Å²) in [7, 11) is 3.18. The third-order valence-electron chi connectivity index (χ3n) is 11.0. The zero-order chi connectivity index (χ0) is 31.4. The van der Waals surface area contributed by atoms with Gasteiger partial charge in [0.25, 0.3) is 10.9 Å². The third-order valence-corrected chi connectivity index (χ3v) is 12.0. The number of hydrogen-bond acceptors (Lipinski definition) is 10. The highest BCUT2D eigenvalue weighted by Gasteiger charge is 2.68. The molecule has 1 unspecified atom stereocenters. The molecule has 0 spiro atoms. The van der Waals surface area contributed by atoms with Crippen molar-refractivity contribution < 1.29 is 29.3 Å². The maximum absolute atomic E-state index is 13.5. The molecule has 0 aromatic heterocycles. The molecule has 3 N–H and O–H groups in total. The number of aliphatic hydroxyl groups excluding tert-OH is 1. The van der Waals surface area contributed by atoms with Crippen molar-refractivity contribution in [2.45, 2.75) is 78.0 Å². The Bertz CT molecular complexity index is 1340. The number of nitrogens with one attached hydrogen (secondary N) is 1. The molecule has 0 radical (unpaired) electrons. The second-order valence-corrected chi connectivity index (χ2v) is 14.4. The predicted octanol–water partition coefficient (Wildman–Crippen LogP) is 2.85. The molecule has 10 nitrogen and oxygen atoms in total. The summed E-state index contributed by atoms with van der Waals surface area (Å²) in [5.74, 6) is -2.15. The largest absolute Gasteiger partial charge is 0.480 e. The van der Waals surface area contributed by atoms with Gasteiger partial charge in [-0.3, -0.25) is 19.2 Å². The highest BCUT2D eigenvalue weighted by atomic mass is 32.2. The maximum atomic E-state index is 13.5. The van der Waals surface area contributed by atoms with Gasteiger partial charge in [-0.25, -0.2) is 4.79 Å². The minimum atomic E-state index is -1.22. The van der Waals surface area contributed by atoms with Gasteiger partial charge < -0.3 is 25.2 Å². The lowest BCUT2D eigenvalue weighted by Crippen LogP contribution is -2.63. The molecule has 3 aliphatic carbocycles. The summed E-state index contributed by atoms with van der Waals surface area (Å²) in [6.07, 6.45) is 3.51. The van der Waals surface area contributed by atoms with E-state index in [1.54, 1.807) is 20.2 Å². The number of carbonyl (C=O) groups is 3. The van der Waals surface area contributed by atoms with E-state index in [2.05, 4.69) is 32.7 Å². The monoisotopic (exact) mass is 604 g/mol. The van der Waals surface area contributed by atoms with E-state index < -0.39 is 51.9 Å². The van der Waals surface area contributed by atoms with Crippen LogP contribution in [-0.4, -0.2) is 71.8 Å². The molecule has 3 saturated carbocycles. The number of aliphatic carboxylic acids is 1. The van der Waals surface area contributed by atoms with Crippen LogP contribution >= 0.6 is 11.8 Å². The quantitative estimate of drug-likeness (QED) is 0.206. The van der Waals surface area contributed by atoms with E-state index in [0.29, 0.717) is 19.3 Å². The molecule has 1 aromatic rings. The molecular formula is C31H44N2O8S. The number of rotatable bonds is 10. The number of hydrogen-bond donors (Lipinski definition) is 3. The number of anilines is 2. The van der Waals surface area contributed by atoms with Gasteiger partial charge in [-0.1, -0.05) is 33.8 Å². The molecule has 0 saturated heterocycles. The van der Waals surface area contributed by atoms with Crippen molar-refractivity contribution in [3.05, 3.63) is 33.1 Å². The average Bonchev–Trinajstić information content (AvgIpc) is 3.29. The first-order valence-corrected chi connectivity index (χ1v) is 15.8. The molecule has 0 heterocycles. The van der Waals surface area contributed by atoms with E-state index in [1.807, 2.05) is 6.92 Å². The zero-order valence-electron chi connectivity index (χ0n) is 25.4. The minimum absolute atomic E-state index is 0.0458. The topological polar surface area (TPSA) is 150 Å². The molecule has 42 heavy (non-hydrogen) atoms. The zero-order valence-corrected chi connectivity index (χ0v) is 26.2. The van der Waals surface area contributed by atoms with Gasteiger partial charge in [0.15, 0.2) is 0 Å². The third kappa shape index (κ3) is 5.00. The number of thioether (sulfide) groups is 1. The Morgan fingerprint density at radius 1 is 1.19 bits per heavy atom. The number of aliphatic hydroxyl groups is 1. The maximum Gasteiger partial charge on any atom is 0.326 e. The highest BCUT2D eigenvalue weighted by Crippen LogP contribution is 2.68. The fraction of sp³-hybridized carbons (Fsp3) is 0.710. The molecule has 0 aliphatic heterocycles. The summed E-state index contributed by atoms with van der Waals surface area (Å²) in [5.41, 5.74) is -3.13. The van der Waals surface area contributed by atoms with Crippen molar-refractivity contribution >= 4 is 40.9 Å². The lowest BCUT2D eigenvalue weighted by atomic mass is 9.44. The number of ether oxygens (including phenoxy) is 1. The molecule has 4 rings (SSSR count). The van der Waals surface area contributed by atoms with Crippen LogP contribution in [0, 0.1) is 34.0 Å². The normalized spacial score (nSPS) is 36.8. The Kier molecular flexibility index (Phi) is 8.79. The number of carboxylic acids is 1. The summed E-state index contributed by atoms with van der Waals surface area (Å²) in [5, 5.41) is 24.0. The minimum Gasteiger partial charge on any atom is -0.480 e. The number of nitrogens with zero attached hydrogens (tertiary/aromatic N) is 1. The number of carboxylic acid groups (broad SMARTS) is 1. The van der Waals surface area contributed by atoms with E-state index in [-0.39, 0.29) is 51.8 Å². The lowest BCUT2D eigenvalue weighted by Gasteiger charge is -2.61. The SMILES string of the molecule is C=C[C@]1(C)C[C@@H](OC(=O)CSCC(Nc2c(N(C)C)c(=O)c2=O)C(=O)O)[C@]2(C)[C@H](C)CC[C@]3(CCC(=O)[C@H]32)[C@@H](C)[C@@H]1O. The van der Waals surface area contributed by atoms with E-state index in [9.17, 15) is 34.2 Å². The van der Waals surface area contributed by atoms with Crippen molar-refractivity contribution in [1.82, 2.24) is 0 Å². The fourth-order valence-electron chi connectivity index (χ4n) is 8.24. The van der Waals surface area contributed by atoms with Gasteiger partial charge in [0, 0.05) is 43.0 Å². The van der Waals surface area contributed by atoms with Crippen LogP contribution in [0.5, 0.6) is 0 Å². The molecule has 232 valence electrons. The van der Waals surface area contributed by atoms with E-state index in [1.165, 1.54) is 4.90 Å². The van der Waals surface area contributed by atoms with Crippen molar-refractivity contribution in [2.24, 2.45) is 34.0 Å². The number of Topliss-reactive ketones (excluding diaryl/α,β-unsaturated/α-hetero) is 1. The van der Waals surface area contributed by atoms with Crippen LogP contribution in [0.15, 0.2) is 22.2 Å². The first-order chi connectivity index (χ1) is 19.5. The summed E-state index contributed by atoms with van der Waals surface area (Å²) >= 11 is 1.05. The second-order valence-electron chi connectivity index (χ2n) is 13.4. The first kappa shape index (κ1) is 32.3. The van der Waals surface area contributed by atoms with E-state index >= 15 is 0 Å². The highest BCUT2D eigenvalue weighted by molar-refractivity contribution is 8.00. The first-order valence-electron chi connectivity index (χ1n) is 14.7. The molecule has 9 atom stereocenters.